The average molecular weight is 443 g/mol. The summed E-state index contributed by atoms with van der Waals surface area (Å²) in [6.07, 6.45) is 0.553. The maximum absolute atomic E-state index is 12.6. The molecule has 146 valence electrons. The Morgan fingerprint density at radius 1 is 1.14 bits per heavy atom. The number of carbonyl (C=O) groups excluding carboxylic acids is 2. The zero-order chi connectivity index (χ0) is 20.1. The number of nitrogens with one attached hydrogen (secondary N) is 2. The molecule has 28 heavy (non-hydrogen) atoms. The molecule has 0 aliphatic carbocycles. The van der Waals surface area contributed by atoms with Crippen molar-refractivity contribution in [2.75, 3.05) is 11.9 Å². The highest BCUT2D eigenvalue weighted by molar-refractivity contribution is 9.10. The minimum Gasteiger partial charge on any atom is -0.355 e. The number of aromatic nitrogens is 2. The van der Waals surface area contributed by atoms with Gasteiger partial charge in [-0.3, -0.25) is 9.59 Å². The highest BCUT2D eigenvalue weighted by atomic mass is 79.9. The second-order valence-electron chi connectivity index (χ2n) is 6.86. The first kappa shape index (κ1) is 20.1. The van der Waals surface area contributed by atoms with E-state index in [9.17, 15) is 9.59 Å². The summed E-state index contributed by atoms with van der Waals surface area (Å²) in [7, 11) is 0. The van der Waals surface area contributed by atoms with Crippen LogP contribution >= 0.6 is 15.9 Å². The topological polar surface area (TPSA) is 76.0 Å². The Bertz CT molecular complexity index is 997. The van der Waals surface area contributed by atoms with Crippen LogP contribution in [0.25, 0.3) is 11.0 Å². The van der Waals surface area contributed by atoms with Gasteiger partial charge in [0.05, 0.1) is 11.0 Å². The van der Waals surface area contributed by atoms with Crippen molar-refractivity contribution in [1.29, 1.82) is 0 Å². The summed E-state index contributed by atoms with van der Waals surface area (Å²) < 4.78 is 2.81. The number of hydrogen-bond acceptors (Lipinski definition) is 3. The van der Waals surface area contributed by atoms with Gasteiger partial charge in [0.1, 0.15) is 12.4 Å². The van der Waals surface area contributed by atoms with Gasteiger partial charge in [-0.2, -0.15) is 0 Å². The average Bonchev–Trinajstić information content (AvgIpc) is 2.99. The third kappa shape index (κ3) is 4.98. The first-order chi connectivity index (χ1) is 13.4. The highest BCUT2D eigenvalue weighted by Crippen LogP contribution is 2.18. The molecule has 3 aromatic rings. The smallest absolute Gasteiger partial charge is 0.244 e. The molecule has 0 radical (unpaired) electrons. The Kier molecular flexibility index (Phi) is 6.46. The number of para-hydroxylation sites is 2. The zero-order valence-electron chi connectivity index (χ0n) is 15.9. The third-order valence-electron chi connectivity index (χ3n) is 4.32. The van der Waals surface area contributed by atoms with Crippen LogP contribution in [0.1, 0.15) is 19.7 Å². The molecule has 6 nitrogen and oxygen atoms in total. The van der Waals surface area contributed by atoms with E-state index in [1.165, 1.54) is 0 Å². The number of nitrogens with zero attached hydrogens (tertiary/aromatic N) is 2. The van der Waals surface area contributed by atoms with E-state index >= 15 is 0 Å². The first-order valence-corrected chi connectivity index (χ1v) is 10.0. The molecule has 0 aliphatic heterocycles. The van der Waals surface area contributed by atoms with Crippen molar-refractivity contribution in [2.24, 2.45) is 5.92 Å². The molecule has 2 aromatic carbocycles. The molecule has 2 N–H and O–H groups in total. The van der Waals surface area contributed by atoms with Crippen molar-refractivity contribution in [3.8, 4) is 0 Å². The Balaban J connectivity index is 1.76. The normalized spacial score (nSPS) is 11.0. The van der Waals surface area contributed by atoms with Crippen LogP contribution in [-0.4, -0.2) is 27.9 Å². The molecular weight excluding hydrogens is 420 g/mol. The van der Waals surface area contributed by atoms with Crippen LogP contribution in [0.15, 0.2) is 53.0 Å². The molecule has 0 aliphatic rings. The number of rotatable bonds is 7. The monoisotopic (exact) mass is 442 g/mol. The van der Waals surface area contributed by atoms with Gasteiger partial charge in [0.15, 0.2) is 0 Å². The molecule has 2 amide bonds. The van der Waals surface area contributed by atoms with Crippen LogP contribution in [0, 0.1) is 5.92 Å². The first-order valence-electron chi connectivity index (χ1n) is 9.21. The predicted molar refractivity (Wildman–Crippen MR) is 114 cm³/mol. The second kappa shape index (κ2) is 9.01. The highest BCUT2D eigenvalue weighted by Gasteiger charge is 2.14. The molecular formula is C21H23BrN4O2. The standard InChI is InChI=1S/C21H23BrN4O2/c1-14(2)21(28)23-11-10-19-25-17-8-3-4-9-18(17)26(19)13-20(27)24-16-7-5-6-15(22)12-16/h3-9,12,14H,10-11,13H2,1-2H3,(H,23,28)(H,24,27). The van der Waals surface area contributed by atoms with Crippen LogP contribution in [0.3, 0.4) is 0 Å². The van der Waals surface area contributed by atoms with Crippen molar-refractivity contribution in [3.05, 3.63) is 58.8 Å². The van der Waals surface area contributed by atoms with Crippen molar-refractivity contribution < 1.29 is 9.59 Å². The molecule has 0 atom stereocenters. The maximum Gasteiger partial charge on any atom is 0.244 e. The molecule has 0 fully saturated rings. The van der Waals surface area contributed by atoms with Crippen LogP contribution < -0.4 is 10.6 Å². The van der Waals surface area contributed by atoms with E-state index in [0.717, 1.165) is 27.0 Å². The van der Waals surface area contributed by atoms with Gasteiger partial charge in [0.2, 0.25) is 11.8 Å². The van der Waals surface area contributed by atoms with Crippen LogP contribution in [-0.2, 0) is 22.6 Å². The van der Waals surface area contributed by atoms with Crippen molar-refractivity contribution in [3.63, 3.8) is 0 Å². The van der Waals surface area contributed by atoms with Crippen molar-refractivity contribution >= 4 is 44.5 Å². The largest absolute Gasteiger partial charge is 0.355 e. The molecule has 0 unspecified atom stereocenters. The predicted octanol–water partition coefficient (Wildman–Crippen LogP) is 3.75. The van der Waals surface area contributed by atoms with Gasteiger partial charge in [-0.15, -0.1) is 0 Å². The van der Waals surface area contributed by atoms with Crippen LogP contribution in [0.4, 0.5) is 5.69 Å². The quantitative estimate of drug-likeness (QED) is 0.584. The van der Waals surface area contributed by atoms with Gasteiger partial charge in [-0.05, 0) is 30.3 Å². The molecule has 0 spiro atoms. The number of fused-ring (bicyclic) bond motifs is 1. The Morgan fingerprint density at radius 3 is 2.68 bits per heavy atom. The fourth-order valence-electron chi connectivity index (χ4n) is 2.90. The van der Waals surface area contributed by atoms with Gasteiger partial charge >= 0.3 is 0 Å². The Morgan fingerprint density at radius 2 is 1.93 bits per heavy atom. The number of halogens is 1. The Hall–Kier alpha value is -2.67. The van der Waals surface area contributed by atoms with E-state index < -0.39 is 0 Å². The molecule has 3 rings (SSSR count). The minimum absolute atomic E-state index is 0.00931. The number of anilines is 1. The van der Waals surface area contributed by atoms with E-state index in [-0.39, 0.29) is 24.3 Å². The van der Waals surface area contributed by atoms with E-state index in [4.69, 9.17) is 0 Å². The number of benzene rings is 2. The summed E-state index contributed by atoms with van der Waals surface area (Å²) in [4.78, 5) is 29.1. The summed E-state index contributed by atoms with van der Waals surface area (Å²) >= 11 is 3.41. The van der Waals surface area contributed by atoms with Crippen LogP contribution in [0.2, 0.25) is 0 Å². The van der Waals surface area contributed by atoms with Crippen LogP contribution in [0.5, 0.6) is 0 Å². The van der Waals surface area contributed by atoms with E-state index in [1.807, 2.05) is 66.9 Å². The fraction of sp³-hybridized carbons (Fsp3) is 0.286. The second-order valence-corrected chi connectivity index (χ2v) is 7.77. The lowest BCUT2D eigenvalue weighted by Crippen LogP contribution is -2.30. The fourth-order valence-corrected chi connectivity index (χ4v) is 3.30. The summed E-state index contributed by atoms with van der Waals surface area (Å²) in [6, 6.07) is 15.2. The van der Waals surface area contributed by atoms with Gasteiger partial charge in [0, 0.05) is 29.0 Å². The van der Waals surface area contributed by atoms with Gasteiger partial charge in [0.25, 0.3) is 0 Å². The molecule has 0 saturated heterocycles. The number of hydrogen-bond donors (Lipinski definition) is 2. The lowest BCUT2D eigenvalue weighted by Gasteiger charge is -2.11. The zero-order valence-corrected chi connectivity index (χ0v) is 17.5. The van der Waals surface area contributed by atoms with Gasteiger partial charge < -0.3 is 15.2 Å². The van der Waals surface area contributed by atoms with Crippen molar-refractivity contribution in [2.45, 2.75) is 26.8 Å². The maximum atomic E-state index is 12.6. The number of imidazole rings is 1. The molecule has 1 aromatic heterocycles. The summed E-state index contributed by atoms with van der Waals surface area (Å²) in [6.45, 7) is 4.35. The van der Waals surface area contributed by atoms with Crippen molar-refractivity contribution in [1.82, 2.24) is 14.9 Å². The van der Waals surface area contributed by atoms with E-state index in [1.54, 1.807) is 0 Å². The lowest BCUT2D eigenvalue weighted by molar-refractivity contribution is -0.124. The van der Waals surface area contributed by atoms with E-state index in [2.05, 4.69) is 31.5 Å². The molecule has 0 bridgehead atoms. The SMILES string of the molecule is CC(C)C(=O)NCCc1nc2ccccc2n1CC(=O)Nc1cccc(Br)c1. The van der Waals surface area contributed by atoms with Gasteiger partial charge in [-0.1, -0.05) is 48.0 Å². The number of carbonyl (C=O) groups is 2. The third-order valence-corrected chi connectivity index (χ3v) is 4.81. The Labute approximate surface area is 172 Å². The summed E-state index contributed by atoms with van der Waals surface area (Å²) in [5.74, 6) is 0.591. The van der Waals surface area contributed by atoms with Gasteiger partial charge in [-0.25, -0.2) is 4.98 Å². The minimum atomic E-state index is -0.131. The molecule has 0 saturated carbocycles. The summed E-state index contributed by atoms with van der Waals surface area (Å²) in [5.41, 5.74) is 2.47. The van der Waals surface area contributed by atoms with E-state index in [0.29, 0.717) is 13.0 Å². The molecule has 7 heteroatoms. The summed E-state index contributed by atoms with van der Waals surface area (Å²) in [5, 5.41) is 5.82. The number of amides is 2. The molecule has 1 heterocycles. The lowest BCUT2D eigenvalue weighted by atomic mass is 10.2.